The maximum atomic E-state index is 14.3. The fraction of sp³-hybridized carbons (Fsp3) is 0.259. The fourth-order valence-corrected chi connectivity index (χ4v) is 5.32. The van der Waals surface area contributed by atoms with E-state index in [1.807, 2.05) is 12.1 Å². The zero-order valence-corrected chi connectivity index (χ0v) is 18.4. The molecule has 0 aromatic heterocycles. The van der Waals surface area contributed by atoms with Gasteiger partial charge in [-0.05, 0) is 12.1 Å². The largest absolute Gasteiger partial charge is 0.316 e. The topological polar surface area (TPSA) is 46.3 Å². The minimum Gasteiger partial charge on any atom is -0.316 e. The van der Waals surface area contributed by atoms with Gasteiger partial charge in [0.25, 0.3) is 5.91 Å². The molecule has 0 radical (unpaired) electrons. The highest BCUT2D eigenvalue weighted by Gasteiger charge is 2.48. The Morgan fingerprint density at radius 2 is 1.30 bits per heavy atom. The molecular formula is C27H28FN3O2+2. The summed E-state index contributed by atoms with van der Waals surface area (Å²) in [5.74, 6) is -1.15. The van der Waals surface area contributed by atoms with Crippen molar-refractivity contribution >= 4 is 17.5 Å². The van der Waals surface area contributed by atoms with Gasteiger partial charge in [-0.3, -0.25) is 9.59 Å². The van der Waals surface area contributed by atoms with Crippen LogP contribution in [-0.2, 0) is 9.59 Å². The lowest BCUT2D eigenvalue weighted by Gasteiger charge is -2.36. The Labute approximate surface area is 193 Å². The zero-order valence-electron chi connectivity index (χ0n) is 18.4. The predicted octanol–water partition coefficient (Wildman–Crippen LogP) is 1.03. The van der Waals surface area contributed by atoms with Crippen LogP contribution in [0.4, 0.5) is 10.1 Å². The van der Waals surface area contributed by atoms with Crippen molar-refractivity contribution in [1.29, 1.82) is 0 Å². The molecule has 2 heterocycles. The molecule has 0 saturated carbocycles. The van der Waals surface area contributed by atoms with Gasteiger partial charge in [-0.15, -0.1) is 0 Å². The maximum absolute atomic E-state index is 14.3. The Balaban J connectivity index is 1.32. The number of quaternary nitrogens is 2. The van der Waals surface area contributed by atoms with E-state index in [1.165, 1.54) is 28.2 Å². The van der Waals surface area contributed by atoms with Crippen LogP contribution >= 0.6 is 0 Å². The molecule has 3 aromatic carbocycles. The van der Waals surface area contributed by atoms with Gasteiger partial charge >= 0.3 is 0 Å². The molecule has 5 nitrogen and oxygen atoms in total. The third kappa shape index (κ3) is 4.19. The van der Waals surface area contributed by atoms with Crippen LogP contribution < -0.4 is 14.7 Å². The minimum absolute atomic E-state index is 0.0619. The molecule has 0 spiro atoms. The van der Waals surface area contributed by atoms with E-state index in [4.69, 9.17) is 0 Å². The van der Waals surface area contributed by atoms with E-state index >= 15 is 0 Å². The molecule has 2 saturated heterocycles. The van der Waals surface area contributed by atoms with Gasteiger partial charge in [0.15, 0.2) is 6.04 Å². The smallest absolute Gasteiger partial charge is 0.292 e. The molecule has 3 aromatic rings. The lowest BCUT2D eigenvalue weighted by molar-refractivity contribution is -1.03. The second kappa shape index (κ2) is 9.25. The van der Waals surface area contributed by atoms with E-state index in [2.05, 4.69) is 48.5 Å². The second-order valence-corrected chi connectivity index (χ2v) is 8.85. The number of hydrogen-bond donors (Lipinski definition) is 2. The molecule has 5 rings (SSSR count). The highest BCUT2D eigenvalue weighted by Crippen LogP contribution is 2.25. The van der Waals surface area contributed by atoms with Gasteiger partial charge in [0.1, 0.15) is 38.0 Å². The number of amides is 2. The highest BCUT2D eigenvalue weighted by molar-refractivity contribution is 6.21. The monoisotopic (exact) mass is 445 g/mol. The normalized spacial score (nSPS) is 23.3. The van der Waals surface area contributed by atoms with E-state index in [9.17, 15) is 14.0 Å². The quantitative estimate of drug-likeness (QED) is 0.577. The van der Waals surface area contributed by atoms with E-state index in [0.29, 0.717) is 0 Å². The summed E-state index contributed by atoms with van der Waals surface area (Å²) < 4.78 is 14.3. The van der Waals surface area contributed by atoms with Crippen LogP contribution in [0.25, 0.3) is 0 Å². The first-order valence-corrected chi connectivity index (χ1v) is 11.5. The van der Waals surface area contributed by atoms with Crippen molar-refractivity contribution in [3.63, 3.8) is 0 Å². The lowest BCUT2D eigenvalue weighted by Crippen LogP contribution is -3.30. The number of benzene rings is 3. The number of nitrogens with one attached hydrogen (secondary N) is 2. The molecule has 1 unspecified atom stereocenters. The van der Waals surface area contributed by atoms with E-state index in [1.54, 1.807) is 12.1 Å². The first-order valence-electron chi connectivity index (χ1n) is 11.5. The molecule has 168 valence electrons. The van der Waals surface area contributed by atoms with Crippen molar-refractivity contribution < 1.29 is 23.8 Å². The van der Waals surface area contributed by atoms with Gasteiger partial charge in [0, 0.05) is 11.1 Å². The predicted molar refractivity (Wildman–Crippen MR) is 123 cm³/mol. The van der Waals surface area contributed by atoms with Gasteiger partial charge in [-0.2, -0.15) is 0 Å². The highest BCUT2D eigenvalue weighted by atomic mass is 19.1. The van der Waals surface area contributed by atoms with Gasteiger partial charge in [-0.25, -0.2) is 9.29 Å². The molecular weight excluding hydrogens is 417 g/mol. The number of carbonyl (C=O) groups excluding carboxylic acids is 2. The SMILES string of the molecule is O=C1CC([NH+]2CC[NH+](C(c3ccccc3)c3ccccc3)CC2)C(=O)N1c1ccccc1F. The van der Waals surface area contributed by atoms with Gasteiger partial charge in [-0.1, -0.05) is 72.8 Å². The van der Waals surface area contributed by atoms with Crippen LogP contribution in [0, 0.1) is 5.82 Å². The van der Waals surface area contributed by atoms with E-state index in [0.717, 1.165) is 36.0 Å². The molecule has 2 amide bonds. The summed E-state index contributed by atoms with van der Waals surface area (Å²) in [6, 6.07) is 26.8. The number of piperazine rings is 1. The molecule has 2 N–H and O–H groups in total. The molecule has 0 bridgehead atoms. The van der Waals surface area contributed by atoms with Crippen molar-refractivity contribution in [2.45, 2.75) is 18.5 Å². The van der Waals surface area contributed by atoms with Crippen LogP contribution in [0.5, 0.6) is 0 Å². The van der Waals surface area contributed by atoms with Gasteiger partial charge in [0.05, 0.1) is 12.1 Å². The number of imide groups is 1. The summed E-state index contributed by atoms with van der Waals surface area (Å²) >= 11 is 0. The van der Waals surface area contributed by atoms with E-state index in [-0.39, 0.29) is 30.0 Å². The van der Waals surface area contributed by atoms with E-state index < -0.39 is 11.9 Å². The maximum Gasteiger partial charge on any atom is 0.292 e. The number of nitrogens with zero attached hydrogens (tertiary/aromatic N) is 1. The third-order valence-corrected chi connectivity index (χ3v) is 6.94. The number of anilines is 1. The molecule has 2 aliphatic rings. The number of hydrogen-bond acceptors (Lipinski definition) is 2. The Morgan fingerprint density at radius 3 is 1.88 bits per heavy atom. The minimum atomic E-state index is -0.544. The zero-order chi connectivity index (χ0) is 22.8. The van der Waals surface area contributed by atoms with Crippen LogP contribution in [0.2, 0.25) is 0 Å². The summed E-state index contributed by atoms with van der Waals surface area (Å²) in [6.45, 7) is 3.36. The first-order chi connectivity index (χ1) is 16.1. The number of carbonyl (C=O) groups is 2. The molecule has 6 heteroatoms. The van der Waals surface area contributed by atoms with Crippen molar-refractivity contribution in [1.82, 2.24) is 0 Å². The van der Waals surface area contributed by atoms with Crippen LogP contribution in [-0.4, -0.2) is 44.0 Å². The summed E-state index contributed by atoms with van der Waals surface area (Å²) in [7, 11) is 0. The summed E-state index contributed by atoms with van der Waals surface area (Å²) in [4.78, 5) is 29.4. The number of halogens is 1. The van der Waals surface area contributed by atoms with Crippen LogP contribution in [0.3, 0.4) is 0 Å². The standard InChI is InChI=1S/C27H26FN3O2/c28-22-13-7-8-14-23(22)31-25(32)19-24(27(31)33)29-15-17-30(18-16-29)26(20-9-3-1-4-10-20)21-11-5-2-6-12-21/h1-14,24,26H,15-19H2/p+2. The Hall–Kier alpha value is -3.35. The van der Waals surface area contributed by atoms with Crippen LogP contribution in [0.15, 0.2) is 84.9 Å². The second-order valence-electron chi connectivity index (χ2n) is 8.85. The van der Waals surface area contributed by atoms with Crippen molar-refractivity contribution in [3.05, 3.63) is 102 Å². The Bertz CT molecular complexity index is 1090. The molecule has 2 fully saturated rings. The molecule has 33 heavy (non-hydrogen) atoms. The summed E-state index contributed by atoms with van der Waals surface area (Å²) in [5.41, 5.74) is 2.62. The molecule has 1 atom stereocenters. The fourth-order valence-electron chi connectivity index (χ4n) is 5.32. The lowest BCUT2D eigenvalue weighted by atomic mass is 9.96. The molecule has 2 aliphatic heterocycles. The first kappa shape index (κ1) is 21.5. The van der Waals surface area contributed by atoms with Gasteiger partial charge < -0.3 is 9.80 Å². The third-order valence-electron chi connectivity index (χ3n) is 6.94. The van der Waals surface area contributed by atoms with Gasteiger partial charge in [0.2, 0.25) is 5.91 Å². The van der Waals surface area contributed by atoms with Crippen molar-refractivity contribution in [2.75, 3.05) is 31.1 Å². The van der Waals surface area contributed by atoms with Crippen molar-refractivity contribution in [3.8, 4) is 0 Å². The average Bonchev–Trinajstić information content (AvgIpc) is 3.15. The summed E-state index contributed by atoms with van der Waals surface area (Å²) in [6.07, 6.45) is 0.138. The molecule has 0 aliphatic carbocycles. The van der Waals surface area contributed by atoms with Crippen LogP contribution in [0.1, 0.15) is 23.6 Å². The average molecular weight is 446 g/mol. The summed E-state index contributed by atoms with van der Waals surface area (Å²) in [5, 5.41) is 0. The number of para-hydroxylation sites is 1. The Morgan fingerprint density at radius 1 is 0.758 bits per heavy atom. The van der Waals surface area contributed by atoms with Crippen molar-refractivity contribution in [2.24, 2.45) is 0 Å². The number of rotatable bonds is 5. The Kier molecular flexibility index (Phi) is 6.03.